The Kier molecular flexibility index (Phi) is 4.80. The molecule has 1 fully saturated rings. The van der Waals surface area contributed by atoms with Crippen molar-refractivity contribution < 1.29 is 8.78 Å². The molecule has 0 bridgehead atoms. The average molecular weight is 257 g/mol. The van der Waals surface area contributed by atoms with E-state index in [0.717, 1.165) is 37.2 Å². The summed E-state index contributed by atoms with van der Waals surface area (Å²) in [4.78, 5) is 0.430. The normalized spacial score (nSPS) is 17.3. The molecule has 0 atom stereocenters. The van der Waals surface area contributed by atoms with Crippen LogP contribution in [0.1, 0.15) is 19.3 Å². The van der Waals surface area contributed by atoms with Crippen LogP contribution in [0.15, 0.2) is 23.1 Å². The van der Waals surface area contributed by atoms with Gasteiger partial charge in [0.2, 0.25) is 0 Å². The lowest BCUT2D eigenvalue weighted by molar-refractivity contribution is 0.367. The van der Waals surface area contributed by atoms with Crippen molar-refractivity contribution in [1.29, 1.82) is 0 Å². The van der Waals surface area contributed by atoms with Crippen LogP contribution in [0.3, 0.4) is 0 Å². The highest BCUT2D eigenvalue weighted by Gasteiger charge is 2.13. The van der Waals surface area contributed by atoms with Gasteiger partial charge < -0.3 is 5.32 Å². The van der Waals surface area contributed by atoms with Crippen LogP contribution in [0.25, 0.3) is 0 Å². The van der Waals surface area contributed by atoms with E-state index >= 15 is 0 Å². The number of hydrogen-bond acceptors (Lipinski definition) is 2. The predicted molar refractivity (Wildman–Crippen MR) is 67.3 cm³/mol. The molecule has 17 heavy (non-hydrogen) atoms. The molecule has 94 valence electrons. The lowest BCUT2D eigenvalue weighted by Gasteiger charge is -2.22. The Morgan fingerprint density at radius 1 is 1.24 bits per heavy atom. The molecule has 0 unspecified atom stereocenters. The Hall–Kier alpha value is -0.610. The van der Waals surface area contributed by atoms with Gasteiger partial charge in [-0.2, -0.15) is 0 Å². The molecule has 0 amide bonds. The zero-order valence-electron chi connectivity index (χ0n) is 9.72. The number of halogens is 2. The summed E-state index contributed by atoms with van der Waals surface area (Å²) in [5, 5.41) is 3.32. The molecule has 1 nitrogen and oxygen atoms in total. The summed E-state index contributed by atoms with van der Waals surface area (Å²) < 4.78 is 26.3. The minimum atomic E-state index is -0.365. The van der Waals surface area contributed by atoms with E-state index in [0.29, 0.717) is 4.90 Å². The maximum atomic E-state index is 13.3. The number of benzene rings is 1. The van der Waals surface area contributed by atoms with Gasteiger partial charge in [0, 0.05) is 4.90 Å². The maximum absolute atomic E-state index is 13.3. The van der Waals surface area contributed by atoms with Gasteiger partial charge in [0.1, 0.15) is 11.6 Å². The van der Waals surface area contributed by atoms with E-state index in [-0.39, 0.29) is 11.6 Å². The summed E-state index contributed by atoms with van der Waals surface area (Å²) in [7, 11) is 0. The van der Waals surface area contributed by atoms with E-state index in [4.69, 9.17) is 0 Å². The second-order valence-electron chi connectivity index (χ2n) is 4.41. The van der Waals surface area contributed by atoms with E-state index in [2.05, 4.69) is 5.32 Å². The van der Waals surface area contributed by atoms with Crippen molar-refractivity contribution in [3.8, 4) is 0 Å². The van der Waals surface area contributed by atoms with Gasteiger partial charge >= 0.3 is 0 Å². The third kappa shape index (κ3) is 3.96. The second kappa shape index (κ2) is 6.36. The first-order chi connectivity index (χ1) is 8.25. The van der Waals surface area contributed by atoms with Crippen LogP contribution in [-0.2, 0) is 0 Å². The Morgan fingerprint density at radius 3 is 2.76 bits per heavy atom. The zero-order valence-corrected chi connectivity index (χ0v) is 10.5. The van der Waals surface area contributed by atoms with E-state index < -0.39 is 0 Å². The van der Waals surface area contributed by atoms with Gasteiger partial charge in [-0.1, -0.05) is 0 Å². The summed E-state index contributed by atoms with van der Waals surface area (Å²) in [6, 6.07) is 3.64. The minimum Gasteiger partial charge on any atom is -0.317 e. The number of piperidine rings is 1. The van der Waals surface area contributed by atoms with Crippen molar-refractivity contribution in [2.75, 3.05) is 18.8 Å². The molecule has 4 heteroatoms. The average Bonchev–Trinajstić information content (AvgIpc) is 2.35. The summed E-state index contributed by atoms with van der Waals surface area (Å²) in [6.45, 7) is 2.17. The number of nitrogens with one attached hydrogen (secondary N) is 1. The minimum absolute atomic E-state index is 0.318. The van der Waals surface area contributed by atoms with Crippen LogP contribution in [0.5, 0.6) is 0 Å². The van der Waals surface area contributed by atoms with Crippen LogP contribution in [0, 0.1) is 17.6 Å². The highest BCUT2D eigenvalue weighted by Crippen LogP contribution is 2.26. The van der Waals surface area contributed by atoms with Crippen molar-refractivity contribution >= 4 is 11.8 Å². The fourth-order valence-electron chi connectivity index (χ4n) is 2.09. The molecule has 1 N–H and O–H groups in total. The smallest absolute Gasteiger partial charge is 0.136 e. The lowest BCUT2D eigenvalue weighted by atomic mass is 9.96. The Morgan fingerprint density at radius 2 is 2.00 bits per heavy atom. The van der Waals surface area contributed by atoms with Crippen molar-refractivity contribution in [1.82, 2.24) is 5.32 Å². The van der Waals surface area contributed by atoms with Gasteiger partial charge in [-0.25, -0.2) is 8.78 Å². The molecule has 1 aromatic rings. The van der Waals surface area contributed by atoms with Crippen LogP contribution in [-0.4, -0.2) is 18.8 Å². The molecule has 0 radical (unpaired) electrons. The van der Waals surface area contributed by atoms with Crippen molar-refractivity contribution in [3.63, 3.8) is 0 Å². The van der Waals surface area contributed by atoms with Gasteiger partial charge in [0.15, 0.2) is 0 Å². The second-order valence-corrected chi connectivity index (χ2v) is 5.54. The Balaban J connectivity index is 1.79. The van der Waals surface area contributed by atoms with Crippen LogP contribution in [0.2, 0.25) is 0 Å². The van der Waals surface area contributed by atoms with Crippen molar-refractivity contribution in [3.05, 3.63) is 29.8 Å². The van der Waals surface area contributed by atoms with Crippen molar-refractivity contribution in [2.24, 2.45) is 5.92 Å². The zero-order chi connectivity index (χ0) is 12.1. The van der Waals surface area contributed by atoms with Crippen LogP contribution in [0.4, 0.5) is 8.78 Å². The summed E-state index contributed by atoms with van der Waals surface area (Å²) in [6.07, 6.45) is 3.49. The first kappa shape index (κ1) is 12.8. The van der Waals surface area contributed by atoms with E-state index in [1.165, 1.54) is 36.7 Å². The summed E-state index contributed by atoms with van der Waals surface area (Å²) in [5.41, 5.74) is 0. The van der Waals surface area contributed by atoms with Gasteiger partial charge in [-0.3, -0.25) is 0 Å². The van der Waals surface area contributed by atoms with Crippen LogP contribution >= 0.6 is 11.8 Å². The summed E-state index contributed by atoms with van der Waals surface area (Å²) in [5.74, 6) is 0.920. The van der Waals surface area contributed by atoms with Gasteiger partial charge in [-0.15, -0.1) is 11.8 Å². The third-order valence-electron chi connectivity index (χ3n) is 3.14. The largest absolute Gasteiger partial charge is 0.317 e. The predicted octanol–water partition coefficient (Wildman–Crippen LogP) is 3.45. The molecule has 1 saturated heterocycles. The molecule has 0 aromatic heterocycles. The number of rotatable bonds is 4. The first-order valence-electron chi connectivity index (χ1n) is 6.04. The highest BCUT2D eigenvalue weighted by atomic mass is 32.2. The monoisotopic (exact) mass is 257 g/mol. The van der Waals surface area contributed by atoms with E-state index in [1.54, 1.807) is 0 Å². The highest BCUT2D eigenvalue weighted by molar-refractivity contribution is 7.99. The van der Waals surface area contributed by atoms with Gasteiger partial charge in [0.05, 0.1) is 0 Å². The van der Waals surface area contributed by atoms with Gasteiger partial charge in [-0.05, 0) is 62.2 Å². The third-order valence-corrected chi connectivity index (χ3v) is 4.20. The van der Waals surface area contributed by atoms with Gasteiger partial charge in [0.25, 0.3) is 0 Å². The molecule has 1 aromatic carbocycles. The van der Waals surface area contributed by atoms with E-state index in [1.807, 2.05) is 0 Å². The fourth-order valence-corrected chi connectivity index (χ4v) is 3.17. The lowest BCUT2D eigenvalue weighted by Crippen LogP contribution is -2.27. The Labute approximate surface area is 105 Å². The molecular formula is C13H17F2NS. The molecule has 1 aliphatic rings. The molecular weight excluding hydrogens is 240 g/mol. The molecule has 0 spiro atoms. The summed E-state index contributed by atoms with van der Waals surface area (Å²) >= 11 is 1.42. The first-order valence-corrected chi connectivity index (χ1v) is 7.03. The topological polar surface area (TPSA) is 12.0 Å². The van der Waals surface area contributed by atoms with Crippen LogP contribution < -0.4 is 5.32 Å². The number of thioether (sulfide) groups is 1. The van der Waals surface area contributed by atoms with E-state index in [9.17, 15) is 8.78 Å². The number of hydrogen-bond donors (Lipinski definition) is 1. The SMILES string of the molecule is Fc1ccc(F)c(SCCC2CCNCC2)c1. The molecule has 1 heterocycles. The maximum Gasteiger partial charge on any atom is 0.136 e. The Bertz CT molecular complexity index is 364. The van der Waals surface area contributed by atoms with Crippen molar-refractivity contribution in [2.45, 2.75) is 24.2 Å². The fraction of sp³-hybridized carbons (Fsp3) is 0.538. The quantitative estimate of drug-likeness (QED) is 0.829. The standard InChI is InChI=1S/C13H17F2NS/c14-11-1-2-12(15)13(9-11)17-8-5-10-3-6-16-7-4-10/h1-2,9-10,16H,3-8H2. The molecule has 2 rings (SSSR count). The molecule has 1 aliphatic heterocycles. The molecule has 0 aliphatic carbocycles. The molecule has 0 saturated carbocycles.